The highest BCUT2D eigenvalue weighted by Gasteiger charge is 2.26. The minimum absolute atomic E-state index is 0.0332. The van der Waals surface area contributed by atoms with Crippen molar-refractivity contribution in [3.8, 4) is 0 Å². The third-order valence-corrected chi connectivity index (χ3v) is 5.27. The molecule has 1 aromatic carbocycles. The highest BCUT2D eigenvalue weighted by molar-refractivity contribution is 7.89. The van der Waals surface area contributed by atoms with Gasteiger partial charge < -0.3 is 9.47 Å². The van der Waals surface area contributed by atoms with E-state index in [2.05, 4.69) is 0 Å². The van der Waals surface area contributed by atoms with Gasteiger partial charge in [-0.25, -0.2) is 8.42 Å². The summed E-state index contributed by atoms with van der Waals surface area (Å²) >= 11 is 0. The number of nitro groups is 1. The molecule has 0 aromatic heterocycles. The lowest BCUT2D eigenvalue weighted by Crippen LogP contribution is -2.40. The first-order valence-corrected chi connectivity index (χ1v) is 9.86. The highest BCUT2D eigenvalue weighted by atomic mass is 32.2. The SMILES string of the molecule is CCOC(CN(Cc1ccccc1)S(=O)(=O)CCC[N+](=O)[O-])OCC. The summed E-state index contributed by atoms with van der Waals surface area (Å²) in [6.45, 7) is 4.23. The Balaban J connectivity index is 2.90. The highest BCUT2D eigenvalue weighted by Crippen LogP contribution is 2.13. The molecule has 1 rings (SSSR count). The number of rotatable bonds is 13. The summed E-state index contributed by atoms with van der Waals surface area (Å²) in [5, 5.41) is 10.5. The minimum Gasteiger partial charge on any atom is -0.352 e. The van der Waals surface area contributed by atoms with Crippen molar-refractivity contribution in [1.82, 2.24) is 4.31 Å². The molecule has 0 aliphatic carbocycles. The first-order valence-electron chi connectivity index (χ1n) is 8.25. The molecule has 0 saturated heterocycles. The molecule has 0 atom stereocenters. The quantitative estimate of drug-likeness (QED) is 0.297. The molecule has 0 spiro atoms. The molecular formula is C16H26N2O6S. The van der Waals surface area contributed by atoms with Crippen molar-refractivity contribution in [3.63, 3.8) is 0 Å². The Morgan fingerprint density at radius 1 is 1.16 bits per heavy atom. The van der Waals surface area contributed by atoms with Gasteiger partial charge in [-0.15, -0.1) is 0 Å². The van der Waals surface area contributed by atoms with Crippen LogP contribution in [0.5, 0.6) is 0 Å². The fraction of sp³-hybridized carbons (Fsp3) is 0.625. The van der Waals surface area contributed by atoms with Crippen molar-refractivity contribution < 1.29 is 22.8 Å². The number of nitrogens with zero attached hydrogens (tertiary/aromatic N) is 2. The van der Waals surface area contributed by atoms with E-state index in [-0.39, 0.29) is 31.8 Å². The van der Waals surface area contributed by atoms with Crippen molar-refractivity contribution in [2.75, 3.05) is 32.1 Å². The molecule has 0 radical (unpaired) electrons. The van der Waals surface area contributed by atoms with Gasteiger partial charge in [0.05, 0.1) is 12.3 Å². The molecule has 0 unspecified atom stereocenters. The summed E-state index contributed by atoms with van der Waals surface area (Å²) in [7, 11) is -3.68. The first kappa shape index (κ1) is 21.5. The lowest BCUT2D eigenvalue weighted by Gasteiger charge is -2.26. The zero-order chi connectivity index (χ0) is 18.7. The molecule has 0 amide bonds. The number of hydrogen-bond acceptors (Lipinski definition) is 6. The minimum atomic E-state index is -3.68. The first-order chi connectivity index (χ1) is 11.9. The van der Waals surface area contributed by atoms with Crippen molar-refractivity contribution in [3.05, 3.63) is 46.0 Å². The Kier molecular flexibility index (Phi) is 9.58. The zero-order valence-corrected chi connectivity index (χ0v) is 15.5. The van der Waals surface area contributed by atoms with Gasteiger partial charge in [-0.3, -0.25) is 10.1 Å². The fourth-order valence-corrected chi connectivity index (χ4v) is 3.71. The number of hydrogen-bond donors (Lipinski definition) is 0. The van der Waals surface area contributed by atoms with Gasteiger partial charge in [0.2, 0.25) is 16.6 Å². The molecule has 8 nitrogen and oxygen atoms in total. The van der Waals surface area contributed by atoms with E-state index < -0.39 is 21.2 Å². The summed E-state index contributed by atoms with van der Waals surface area (Å²) in [6, 6.07) is 9.17. The van der Waals surface area contributed by atoms with E-state index in [9.17, 15) is 18.5 Å². The smallest absolute Gasteiger partial charge is 0.214 e. The topological polar surface area (TPSA) is 99.0 Å². The Morgan fingerprint density at radius 3 is 2.28 bits per heavy atom. The van der Waals surface area contributed by atoms with Gasteiger partial charge in [0, 0.05) is 31.1 Å². The maximum absolute atomic E-state index is 12.7. The molecule has 0 saturated carbocycles. The van der Waals surface area contributed by atoms with E-state index in [0.29, 0.717) is 13.2 Å². The molecule has 0 aliphatic rings. The fourth-order valence-electron chi connectivity index (χ4n) is 2.26. The van der Waals surface area contributed by atoms with Gasteiger partial charge >= 0.3 is 0 Å². The van der Waals surface area contributed by atoms with Crippen LogP contribution in [-0.4, -0.2) is 56.0 Å². The van der Waals surface area contributed by atoms with E-state index in [4.69, 9.17) is 9.47 Å². The van der Waals surface area contributed by atoms with Crippen LogP contribution in [0.25, 0.3) is 0 Å². The molecule has 0 N–H and O–H groups in total. The van der Waals surface area contributed by atoms with E-state index in [1.807, 2.05) is 30.3 Å². The lowest BCUT2D eigenvalue weighted by molar-refractivity contribution is -0.479. The average Bonchev–Trinajstić information content (AvgIpc) is 2.55. The molecule has 1 aromatic rings. The lowest BCUT2D eigenvalue weighted by atomic mass is 10.2. The Morgan fingerprint density at radius 2 is 1.76 bits per heavy atom. The molecule has 0 aliphatic heterocycles. The van der Waals surface area contributed by atoms with Gasteiger partial charge in [0.25, 0.3) is 0 Å². The van der Waals surface area contributed by atoms with Gasteiger partial charge in [-0.2, -0.15) is 4.31 Å². The second kappa shape index (κ2) is 11.1. The van der Waals surface area contributed by atoms with E-state index in [1.165, 1.54) is 4.31 Å². The van der Waals surface area contributed by atoms with E-state index in [1.54, 1.807) is 13.8 Å². The van der Waals surface area contributed by atoms with Crippen LogP contribution in [0.1, 0.15) is 25.8 Å². The monoisotopic (exact) mass is 374 g/mol. The molecular weight excluding hydrogens is 348 g/mol. The van der Waals surface area contributed by atoms with Crippen LogP contribution < -0.4 is 0 Å². The van der Waals surface area contributed by atoms with Crippen LogP contribution in [-0.2, 0) is 26.0 Å². The predicted octanol–water partition coefficient (Wildman–Crippen LogP) is 1.88. The average molecular weight is 374 g/mol. The molecule has 0 heterocycles. The zero-order valence-electron chi connectivity index (χ0n) is 14.7. The third-order valence-electron chi connectivity index (χ3n) is 3.40. The van der Waals surface area contributed by atoms with Crippen molar-refractivity contribution in [2.45, 2.75) is 33.1 Å². The maximum Gasteiger partial charge on any atom is 0.214 e. The Labute approximate surface area is 148 Å². The normalized spacial score (nSPS) is 12.0. The Hall–Kier alpha value is -1.55. The third kappa shape index (κ3) is 8.39. The number of benzene rings is 1. The van der Waals surface area contributed by atoms with E-state index in [0.717, 1.165) is 5.56 Å². The van der Waals surface area contributed by atoms with Gasteiger partial charge in [0.15, 0.2) is 6.29 Å². The van der Waals surface area contributed by atoms with Crippen LogP contribution in [0.3, 0.4) is 0 Å². The van der Waals surface area contributed by atoms with Crippen LogP contribution in [0, 0.1) is 10.1 Å². The molecule has 25 heavy (non-hydrogen) atoms. The second-order valence-electron chi connectivity index (χ2n) is 5.34. The predicted molar refractivity (Wildman–Crippen MR) is 94.2 cm³/mol. The number of sulfonamides is 1. The van der Waals surface area contributed by atoms with Gasteiger partial charge in [-0.05, 0) is 19.4 Å². The molecule has 9 heteroatoms. The van der Waals surface area contributed by atoms with Crippen molar-refractivity contribution in [1.29, 1.82) is 0 Å². The summed E-state index contributed by atoms with van der Waals surface area (Å²) < 4.78 is 37.5. The summed E-state index contributed by atoms with van der Waals surface area (Å²) in [6.07, 6.45) is -0.710. The van der Waals surface area contributed by atoms with Crippen LogP contribution in [0.15, 0.2) is 30.3 Å². The standard InChI is InChI=1S/C16H26N2O6S/c1-3-23-16(24-4-2)14-17(13-15-9-6-5-7-10-15)25(21,22)12-8-11-18(19)20/h5-7,9-10,16H,3-4,8,11-14H2,1-2H3. The summed E-state index contributed by atoms with van der Waals surface area (Å²) in [5.41, 5.74) is 0.826. The maximum atomic E-state index is 12.7. The molecule has 0 fully saturated rings. The van der Waals surface area contributed by atoms with Crippen molar-refractivity contribution in [2.24, 2.45) is 0 Å². The Bertz CT molecular complexity index is 602. The van der Waals surface area contributed by atoms with Crippen LogP contribution in [0.2, 0.25) is 0 Å². The number of ether oxygens (including phenoxy) is 2. The summed E-state index contributed by atoms with van der Waals surface area (Å²) in [4.78, 5) is 9.94. The molecule has 0 bridgehead atoms. The van der Waals surface area contributed by atoms with Gasteiger partial charge in [-0.1, -0.05) is 30.3 Å². The van der Waals surface area contributed by atoms with E-state index >= 15 is 0 Å². The molecule has 142 valence electrons. The summed E-state index contributed by atoms with van der Waals surface area (Å²) in [5.74, 6) is -0.286. The largest absolute Gasteiger partial charge is 0.352 e. The van der Waals surface area contributed by atoms with Crippen LogP contribution >= 0.6 is 0 Å². The van der Waals surface area contributed by atoms with Gasteiger partial charge in [0.1, 0.15) is 0 Å². The van der Waals surface area contributed by atoms with Crippen LogP contribution in [0.4, 0.5) is 0 Å². The van der Waals surface area contributed by atoms with Crippen molar-refractivity contribution >= 4 is 10.0 Å². The second-order valence-corrected chi connectivity index (χ2v) is 7.43.